The fraction of sp³-hybridized carbons (Fsp3) is 0.286. The summed E-state index contributed by atoms with van der Waals surface area (Å²) in [6, 6.07) is 7.51. The van der Waals surface area contributed by atoms with Gasteiger partial charge in [-0.1, -0.05) is 17.8 Å². The van der Waals surface area contributed by atoms with E-state index in [1.165, 1.54) is 11.8 Å². The lowest BCUT2D eigenvalue weighted by atomic mass is 10.3. The van der Waals surface area contributed by atoms with E-state index in [9.17, 15) is 9.59 Å². The van der Waals surface area contributed by atoms with Gasteiger partial charge in [-0.15, -0.1) is 0 Å². The molecule has 20 heavy (non-hydrogen) atoms. The minimum atomic E-state index is -0.381. The Labute approximate surface area is 120 Å². The van der Waals surface area contributed by atoms with Crippen molar-refractivity contribution in [3.05, 3.63) is 50.7 Å². The number of rotatable bonds is 4. The third kappa shape index (κ3) is 2.80. The largest absolute Gasteiger partial charge is 0.497 e. The molecule has 1 heterocycles. The van der Waals surface area contributed by atoms with Gasteiger partial charge in [0.1, 0.15) is 5.75 Å². The fourth-order valence-corrected chi connectivity index (χ4v) is 2.96. The number of aromatic amines is 1. The highest BCUT2D eigenvalue weighted by Crippen LogP contribution is 2.30. The van der Waals surface area contributed by atoms with Crippen LogP contribution in [0.4, 0.5) is 0 Å². The van der Waals surface area contributed by atoms with Crippen molar-refractivity contribution in [1.29, 1.82) is 0 Å². The predicted octanol–water partition coefficient (Wildman–Crippen LogP) is 2.02. The molecule has 0 aliphatic carbocycles. The number of methoxy groups -OCH3 is 1. The monoisotopic (exact) mass is 292 g/mol. The second-order valence-electron chi connectivity index (χ2n) is 4.21. The zero-order chi connectivity index (χ0) is 14.7. The van der Waals surface area contributed by atoms with E-state index in [4.69, 9.17) is 4.74 Å². The van der Waals surface area contributed by atoms with Crippen molar-refractivity contribution in [1.82, 2.24) is 9.55 Å². The third-order valence-corrected chi connectivity index (χ3v) is 4.15. The number of hydrogen-bond acceptors (Lipinski definition) is 4. The van der Waals surface area contributed by atoms with Gasteiger partial charge < -0.3 is 4.74 Å². The van der Waals surface area contributed by atoms with Crippen LogP contribution in [0.2, 0.25) is 0 Å². The molecule has 0 aliphatic rings. The van der Waals surface area contributed by atoms with Gasteiger partial charge in [-0.25, -0.2) is 4.79 Å². The molecule has 6 heteroatoms. The Morgan fingerprint density at radius 2 is 2.10 bits per heavy atom. The lowest BCUT2D eigenvalue weighted by molar-refractivity contribution is 0.413. The average molecular weight is 292 g/mol. The molecule has 106 valence electrons. The predicted molar refractivity (Wildman–Crippen MR) is 78.9 cm³/mol. The summed E-state index contributed by atoms with van der Waals surface area (Å²) >= 11 is 1.39. The maximum absolute atomic E-state index is 11.8. The highest BCUT2D eigenvalue weighted by atomic mass is 32.2. The number of ether oxygens (including phenoxy) is 1. The molecule has 0 spiro atoms. The van der Waals surface area contributed by atoms with Crippen molar-refractivity contribution in [2.75, 3.05) is 7.11 Å². The topological polar surface area (TPSA) is 64.1 Å². The van der Waals surface area contributed by atoms with E-state index < -0.39 is 0 Å². The first kappa shape index (κ1) is 14.5. The highest BCUT2D eigenvalue weighted by molar-refractivity contribution is 7.99. The standard InChI is InChI=1S/C14H16N2O3S/c1-4-16-13(9(2)12(17)15-14(16)18)20-11-7-5-6-10(8-11)19-3/h5-8H,4H2,1-3H3,(H,15,17,18). The Morgan fingerprint density at radius 1 is 1.35 bits per heavy atom. The maximum Gasteiger partial charge on any atom is 0.329 e. The summed E-state index contributed by atoms with van der Waals surface area (Å²) in [4.78, 5) is 26.8. The SMILES string of the molecule is CCn1c(Sc2cccc(OC)c2)c(C)c(=O)[nH]c1=O. The van der Waals surface area contributed by atoms with Gasteiger partial charge in [-0.05, 0) is 32.0 Å². The second kappa shape index (κ2) is 6.00. The maximum atomic E-state index is 11.8. The number of aromatic nitrogens is 2. The first-order valence-corrected chi connectivity index (χ1v) is 7.04. The second-order valence-corrected chi connectivity index (χ2v) is 5.28. The van der Waals surface area contributed by atoms with Crippen molar-refractivity contribution in [2.45, 2.75) is 30.3 Å². The van der Waals surface area contributed by atoms with E-state index in [1.54, 1.807) is 18.6 Å². The van der Waals surface area contributed by atoms with Crippen LogP contribution in [0, 0.1) is 6.92 Å². The Morgan fingerprint density at radius 3 is 2.75 bits per heavy atom. The van der Waals surface area contributed by atoms with Gasteiger partial charge in [0.25, 0.3) is 5.56 Å². The van der Waals surface area contributed by atoms with Gasteiger partial charge in [0, 0.05) is 17.0 Å². The molecular formula is C14H16N2O3S. The molecule has 0 aliphatic heterocycles. The molecule has 0 unspecified atom stereocenters. The Kier molecular flexibility index (Phi) is 4.34. The molecule has 0 atom stereocenters. The number of benzene rings is 1. The molecule has 0 bridgehead atoms. The summed E-state index contributed by atoms with van der Waals surface area (Å²) in [5, 5.41) is 0.662. The summed E-state index contributed by atoms with van der Waals surface area (Å²) in [6.45, 7) is 4.09. The van der Waals surface area contributed by atoms with Crippen LogP contribution in [0.5, 0.6) is 5.75 Å². The first-order valence-electron chi connectivity index (χ1n) is 6.22. The number of hydrogen-bond donors (Lipinski definition) is 1. The molecule has 0 saturated carbocycles. The van der Waals surface area contributed by atoms with Crippen LogP contribution in [0.1, 0.15) is 12.5 Å². The first-order chi connectivity index (χ1) is 9.56. The zero-order valence-electron chi connectivity index (χ0n) is 11.6. The Bertz CT molecular complexity index is 734. The Hall–Kier alpha value is -1.95. The van der Waals surface area contributed by atoms with Crippen LogP contribution in [0.25, 0.3) is 0 Å². The van der Waals surface area contributed by atoms with E-state index in [0.717, 1.165) is 10.6 Å². The molecule has 2 rings (SSSR count). The summed E-state index contributed by atoms with van der Waals surface area (Å²) in [6.07, 6.45) is 0. The summed E-state index contributed by atoms with van der Waals surface area (Å²) in [5.41, 5.74) is -0.183. The van der Waals surface area contributed by atoms with E-state index in [0.29, 0.717) is 17.1 Å². The van der Waals surface area contributed by atoms with E-state index >= 15 is 0 Å². The van der Waals surface area contributed by atoms with Crippen molar-refractivity contribution in [3.8, 4) is 5.75 Å². The molecule has 0 saturated heterocycles. The zero-order valence-corrected chi connectivity index (χ0v) is 12.4. The highest BCUT2D eigenvalue weighted by Gasteiger charge is 2.12. The van der Waals surface area contributed by atoms with Gasteiger partial charge in [0.15, 0.2) is 0 Å². The molecule has 0 radical (unpaired) electrons. The minimum Gasteiger partial charge on any atom is -0.497 e. The van der Waals surface area contributed by atoms with Gasteiger partial charge >= 0.3 is 5.69 Å². The van der Waals surface area contributed by atoms with Crippen molar-refractivity contribution < 1.29 is 4.74 Å². The normalized spacial score (nSPS) is 10.6. The smallest absolute Gasteiger partial charge is 0.329 e. The molecule has 1 aromatic carbocycles. The molecule has 0 fully saturated rings. The third-order valence-electron chi connectivity index (χ3n) is 2.94. The lowest BCUT2D eigenvalue weighted by Crippen LogP contribution is -2.32. The number of nitrogens with one attached hydrogen (secondary N) is 1. The van der Waals surface area contributed by atoms with Crippen molar-refractivity contribution >= 4 is 11.8 Å². The Balaban J connectivity index is 2.52. The number of H-pyrrole nitrogens is 1. The average Bonchev–Trinajstić information content (AvgIpc) is 2.45. The molecule has 1 N–H and O–H groups in total. The van der Waals surface area contributed by atoms with E-state index in [1.807, 2.05) is 31.2 Å². The van der Waals surface area contributed by atoms with Gasteiger partial charge in [-0.3, -0.25) is 14.3 Å². The van der Waals surface area contributed by atoms with Crippen molar-refractivity contribution in [2.24, 2.45) is 0 Å². The summed E-state index contributed by atoms with van der Waals surface area (Å²) < 4.78 is 6.73. The van der Waals surface area contributed by atoms with Gasteiger partial charge in [-0.2, -0.15) is 0 Å². The molecule has 2 aromatic rings. The van der Waals surface area contributed by atoms with Gasteiger partial charge in [0.2, 0.25) is 0 Å². The van der Waals surface area contributed by atoms with Crippen LogP contribution in [-0.4, -0.2) is 16.7 Å². The minimum absolute atomic E-state index is 0.343. The fourth-order valence-electron chi connectivity index (χ4n) is 1.85. The number of nitrogens with zero attached hydrogens (tertiary/aromatic N) is 1. The van der Waals surface area contributed by atoms with E-state index in [2.05, 4.69) is 4.98 Å². The van der Waals surface area contributed by atoms with Gasteiger partial charge in [0.05, 0.1) is 12.1 Å². The van der Waals surface area contributed by atoms with Crippen LogP contribution in [0.15, 0.2) is 43.8 Å². The summed E-state index contributed by atoms with van der Waals surface area (Å²) in [5.74, 6) is 0.739. The molecule has 5 nitrogen and oxygen atoms in total. The van der Waals surface area contributed by atoms with Crippen LogP contribution < -0.4 is 16.0 Å². The quantitative estimate of drug-likeness (QED) is 0.876. The van der Waals surface area contributed by atoms with Crippen LogP contribution in [-0.2, 0) is 6.54 Å². The lowest BCUT2D eigenvalue weighted by Gasteiger charge is -2.12. The molecule has 1 aromatic heterocycles. The molecular weight excluding hydrogens is 276 g/mol. The summed E-state index contributed by atoms with van der Waals surface area (Å²) in [7, 11) is 1.60. The van der Waals surface area contributed by atoms with Crippen LogP contribution in [0.3, 0.4) is 0 Å². The van der Waals surface area contributed by atoms with Crippen LogP contribution >= 0.6 is 11.8 Å². The van der Waals surface area contributed by atoms with E-state index in [-0.39, 0.29) is 11.2 Å². The van der Waals surface area contributed by atoms with Crippen molar-refractivity contribution in [3.63, 3.8) is 0 Å². The molecule has 0 amide bonds.